The first-order chi connectivity index (χ1) is 7.56. The Hall–Kier alpha value is -1.33. The molecule has 0 radical (unpaired) electrons. The molecule has 0 aliphatic rings. The second-order valence-electron chi connectivity index (χ2n) is 3.59. The Balaban J connectivity index is 2.10. The lowest BCUT2D eigenvalue weighted by Crippen LogP contribution is -2.09. The molecule has 2 rings (SSSR count). The maximum atomic E-state index is 10.8. The Morgan fingerprint density at radius 3 is 2.75 bits per heavy atom. The summed E-state index contributed by atoms with van der Waals surface area (Å²) in [6.07, 6.45) is 2.98. The van der Waals surface area contributed by atoms with Crippen LogP contribution in [0.2, 0.25) is 0 Å². The van der Waals surface area contributed by atoms with Gasteiger partial charge >= 0.3 is 0 Å². The van der Waals surface area contributed by atoms with Gasteiger partial charge < -0.3 is 4.57 Å². The van der Waals surface area contributed by atoms with E-state index in [0.29, 0.717) is 6.54 Å². The zero-order valence-corrected chi connectivity index (χ0v) is 9.78. The predicted molar refractivity (Wildman–Crippen MR) is 62.7 cm³/mol. The number of hydrogen-bond acceptors (Lipinski definition) is 3. The standard InChI is InChI=1S/C11H13NO3S/c1-16(13,14)15-9-8-12-7-6-10-4-2-3-5-11(10)12/h2-7H,8-9H2,1H3. The van der Waals surface area contributed by atoms with Gasteiger partial charge in [0.05, 0.1) is 12.9 Å². The highest BCUT2D eigenvalue weighted by Crippen LogP contribution is 2.14. The molecule has 0 saturated heterocycles. The normalized spacial score (nSPS) is 12.1. The summed E-state index contributed by atoms with van der Waals surface area (Å²) in [7, 11) is -3.34. The van der Waals surface area contributed by atoms with E-state index in [1.807, 2.05) is 41.1 Å². The first-order valence-electron chi connectivity index (χ1n) is 4.94. The molecule has 2 aromatic rings. The van der Waals surface area contributed by atoms with Crippen molar-refractivity contribution in [1.29, 1.82) is 0 Å². The van der Waals surface area contributed by atoms with Crippen LogP contribution in [0.15, 0.2) is 36.5 Å². The first-order valence-corrected chi connectivity index (χ1v) is 6.76. The van der Waals surface area contributed by atoms with Crippen molar-refractivity contribution in [2.45, 2.75) is 6.54 Å². The van der Waals surface area contributed by atoms with Gasteiger partial charge in [-0.3, -0.25) is 4.18 Å². The van der Waals surface area contributed by atoms with E-state index < -0.39 is 10.1 Å². The Morgan fingerprint density at radius 2 is 2.00 bits per heavy atom. The van der Waals surface area contributed by atoms with Crippen molar-refractivity contribution < 1.29 is 12.6 Å². The van der Waals surface area contributed by atoms with Gasteiger partial charge in [-0.15, -0.1) is 0 Å². The molecule has 5 heteroatoms. The molecular weight excluding hydrogens is 226 g/mol. The van der Waals surface area contributed by atoms with Crippen molar-refractivity contribution in [3.05, 3.63) is 36.5 Å². The summed E-state index contributed by atoms with van der Waals surface area (Å²) in [5, 5.41) is 1.14. The quantitative estimate of drug-likeness (QED) is 0.762. The number of benzene rings is 1. The van der Waals surface area contributed by atoms with Gasteiger partial charge in [0.2, 0.25) is 0 Å². The van der Waals surface area contributed by atoms with E-state index in [4.69, 9.17) is 4.18 Å². The molecule has 0 aliphatic carbocycles. The maximum Gasteiger partial charge on any atom is 0.264 e. The number of hydrogen-bond donors (Lipinski definition) is 0. The minimum Gasteiger partial charge on any atom is -0.345 e. The smallest absolute Gasteiger partial charge is 0.264 e. The average molecular weight is 239 g/mol. The van der Waals surface area contributed by atoms with Gasteiger partial charge in [-0.05, 0) is 17.5 Å². The van der Waals surface area contributed by atoms with Crippen molar-refractivity contribution in [2.24, 2.45) is 0 Å². The molecule has 0 saturated carbocycles. The predicted octanol–water partition coefficient (Wildman–Crippen LogP) is 1.62. The van der Waals surface area contributed by atoms with Crippen molar-refractivity contribution >= 4 is 21.0 Å². The first kappa shape index (κ1) is 11.2. The Kier molecular flexibility index (Phi) is 2.98. The molecule has 1 aromatic carbocycles. The molecule has 0 aliphatic heterocycles. The van der Waals surface area contributed by atoms with Gasteiger partial charge in [0.1, 0.15) is 0 Å². The number of aromatic nitrogens is 1. The lowest BCUT2D eigenvalue weighted by Gasteiger charge is -2.04. The topological polar surface area (TPSA) is 48.3 Å². The molecule has 0 unspecified atom stereocenters. The minimum atomic E-state index is -3.34. The van der Waals surface area contributed by atoms with E-state index in [2.05, 4.69) is 0 Å². The van der Waals surface area contributed by atoms with Crippen LogP contribution in [0.25, 0.3) is 10.9 Å². The third-order valence-corrected chi connectivity index (χ3v) is 2.90. The molecule has 86 valence electrons. The lowest BCUT2D eigenvalue weighted by molar-refractivity contribution is 0.306. The molecule has 0 bridgehead atoms. The summed E-state index contributed by atoms with van der Waals surface area (Å²) in [5.41, 5.74) is 1.08. The zero-order chi connectivity index (χ0) is 11.6. The lowest BCUT2D eigenvalue weighted by atomic mass is 10.2. The van der Waals surface area contributed by atoms with Crippen LogP contribution in [0.1, 0.15) is 0 Å². The van der Waals surface area contributed by atoms with Crippen LogP contribution in [-0.2, 0) is 20.8 Å². The Morgan fingerprint density at radius 1 is 1.25 bits per heavy atom. The number of para-hydroxylation sites is 1. The second-order valence-corrected chi connectivity index (χ2v) is 5.24. The van der Waals surface area contributed by atoms with Crippen LogP contribution in [0.4, 0.5) is 0 Å². The van der Waals surface area contributed by atoms with Crippen molar-refractivity contribution in [3.8, 4) is 0 Å². The van der Waals surface area contributed by atoms with Crippen molar-refractivity contribution in [1.82, 2.24) is 4.57 Å². The molecule has 1 heterocycles. The average Bonchev–Trinajstić information content (AvgIpc) is 2.60. The summed E-state index contributed by atoms with van der Waals surface area (Å²) < 4.78 is 28.3. The molecule has 0 N–H and O–H groups in total. The Bertz CT molecular complexity index is 586. The highest BCUT2D eigenvalue weighted by Gasteiger charge is 2.03. The third-order valence-electron chi connectivity index (χ3n) is 2.31. The van der Waals surface area contributed by atoms with Gasteiger partial charge in [-0.1, -0.05) is 18.2 Å². The summed E-state index contributed by atoms with van der Waals surface area (Å²) in [4.78, 5) is 0. The Labute approximate surface area is 94.6 Å². The van der Waals surface area contributed by atoms with Crippen LogP contribution in [0.3, 0.4) is 0 Å². The molecule has 0 spiro atoms. The molecular formula is C11H13NO3S. The molecule has 0 amide bonds. The van der Waals surface area contributed by atoms with Crippen LogP contribution < -0.4 is 0 Å². The third kappa shape index (κ3) is 2.62. The van der Waals surface area contributed by atoms with Crippen molar-refractivity contribution in [3.63, 3.8) is 0 Å². The summed E-state index contributed by atoms with van der Waals surface area (Å²) in [6, 6.07) is 9.94. The monoisotopic (exact) mass is 239 g/mol. The molecule has 1 aromatic heterocycles. The maximum absolute atomic E-state index is 10.8. The van der Waals surface area contributed by atoms with Crippen LogP contribution >= 0.6 is 0 Å². The number of fused-ring (bicyclic) bond motifs is 1. The molecule has 16 heavy (non-hydrogen) atoms. The van der Waals surface area contributed by atoms with E-state index in [1.165, 1.54) is 0 Å². The van der Waals surface area contributed by atoms with E-state index in [9.17, 15) is 8.42 Å². The van der Waals surface area contributed by atoms with Gasteiger partial charge in [0, 0.05) is 18.3 Å². The van der Waals surface area contributed by atoms with E-state index in [1.54, 1.807) is 0 Å². The zero-order valence-electron chi connectivity index (χ0n) is 8.96. The van der Waals surface area contributed by atoms with Gasteiger partial charge in [0.15, 0.2) is 0 Å². The highest BCUT2D eigenvalue weighted by atomic mass is 32.2. The van der Waals surface area contributed by atoms with Crippen molar-refractivity contribution in [2.75, 3.05) is 12.9 Å². The van der Waals surface area contributed by atoms with Crippen LogP contribution in [-0.4, -0.2) is 25.8 Å². The van der Waals surface area contributed by atoms with Gasteiger partial charge in [0.25, 0.3) is 10.1 Å². The summed E-state index contributed by atoms with van der Waals surface area (Å²) in [5.74, 6) is 0. The minimum absolute atomic E-state index is 0.164. The van der Waals surface area contributed by atoms with Gasteiger partial charge in [-0.2, -0.15) is 8.42 Å². The van der Waals surface area contributed by atoms with E-state index in [-0.39, 0.29) is 6.61 Å². The fourth-order valence-electron chi connectivity index (χ4n) is 1.62. The summed E-state index contributed by atoms with van der Waals surface area (Å²) in [6.45, 7) is 0.693. The number of rotatable bonds is 4. The SMILES string of the molecule is CS(=O)(=O)OCCn1ccc2ccccc21. The summed E-state index contributed by atoms with van der Waals surface area (Å²) >= 11 is 0. The highest BCUT2D eigenvalue weighted by molar-refractivity contribution is 7.85. The van der Waals surface area contributed by atoms with Crippen LogP contribution in [0.5, 0.6) is 0 Å². The van der Waals surface area contributed by atoms with Crippen LogP contribution in [0, 0.1) is 0 Å². The van der Waals surface area contributed by atoms with Gasteiger partial charge in [-0.25, -0.2) is 0 Å². The molecule has 4 nitrogen and oxygen atoms in total. The van der Waals surface area contributed by atoms with E-state index >= 15 is 0 Å². The molecule has 0 fully saturated rings. The van der Waals surface area contributed by atoms with E-state index in [0.717, 1.165) is 17.2 Å². The second kappa shape index (κ2) is 4.27. The fourth-order valence-corrected chi connectivity index (χ4v) is 2.00. The number of nitrogens with zero attached hydrogens (tertiary/aromatic N) is 1. The molecule has 0 atom stereocenters. The fraction of sp³-hybridized carbons (Fsp3) is 0.273. The largest absolute Gasteiger partial charge is 0.345 e.